The lowest BCUT2D eigenvalue weighted by Crippen LogP contribution is -1.98. The van der Waals surface area contributed by atoms with E-state index in [4.69, 9.17) is 18.9 Å². The van der Waals surface area contributed by atoms with E-state index in [0.717, 1.165) is 28.0 Å². The van der Waals surface area contributed by atoms with Gasteiger partial charge in [-0.2, -0.15) is 0 Å². The van der Waals surface area contributed by atoms with E-state index in [1.807, 2.05) is 36.4 Å². The minimum Gasteiger partial charge on any atom is -0.493 e. The van der Waals surface area contributed by atoms with Crippen molar-refractivity contribution in [1.82, 2.24) is 4.98 Å². The molecule has 0 aliphatic heterocycles. The minimum atomic E-state index is 0.339. The number of H-pyrrole nitrogens is 1. The molecule has 0 atom stereocenters. The van der Waals surface area contributed by atoms with Crippen molar-refractivity contribution in [2.75, 3.05) is 33.3 Å². The van der Waals surface area contributed by atoms with E-state index >= 15 is 0 Å². The molecule has 3 rings (SSSR count). The van der Waals surface area contributed by atoms with E-state index < -0.39 is 0 Å². The predicted molar refractivity (Wildman–Crippen MR) is 103 cm³/mol. The van der Waals surface area contributed by atoms with Crippen molar-refractivity contribution < 1.29 is 23.7 Å². The van der Waals surface area contributed by atoms with Crippen LogP contribution in [-0.4, -0.2) is 39.4 Å². The fourth-order valence-electron chi connectivity index (χ4n) is 2.98. The summed E-state index contributed by atoms with van der Waals surface area (Å²) in [5.74, 6) is 1.70. The molecule has 2 aromatic carbocycles. The molecule has 0 saturated heterocycles. The van der Waals surface area contributed by atoms with E-state index in [2.05, 4.69) is 10.3 Å². The van der Waals surface area contributed by atoms with E-state index in [0.29, 0.717) is 36.7 Å². The van der Waals surface area contributed by atoms with Gasteiger partial charge in [0.15, 0.2) is 11.5 Å². The zero-order valence-electron chi connectivity index (χ0n) is 15.5. The van der Waals surface area contributed by atoms with Gasteiger partial charge in [-0.1, -0.05) is 6.07 Å². The quantitative estimate of drug-likeness (QED) is 0.442. The summed E-state index contributed by atoms with van der Waals surface area (Å²) in [5, 5.41) is 4.44. The van der Waals surface area contributed by atoms with Gasteiger partial charge in [0.05, 0.1) is 27.9 Å². The van der Waals surface area contributed by atoms with Crippen LogP contribution in [-0.2, 0) is 16.0 Å². The maximum Gasteiger partial charge on any atom is 0.293 e. The number of aromatic amines is 1. The van der Waals surface area contributed by atoms with Gasteiger partial charge in [-0.3, -0.25) is 4.79 Å². The number of carbonyl (C=O) groups is 1. The van der Waals surface area contributed by atoms with Gasteiger partial charge in [0.25, 0.3) is 6.47 Å². The van der Waals surface area contributed by atoms with Gasteiger partial charge in [0, 0.05) is 46.5 Å². The zero-order chi connectivity index (χ0) is 19.2. The van der Waals surface area contributed by atoms with Gasteiger partial charge in [0.1, 0.15) is 0 Å². The molecule has 0 fully saturated rings. The third-order valence-electron chi connectivity index (χ3n) is 4.22. The van der Waals surface area contributed by atoms with E-state index in [1.165, 1.54) is 0 Å². The maximum atomic E-state index is 10.3. The number of benzene rings is 2. The molecule has 0 saturated carbocycles. The SMILES string of the molecule is COc1cc(Nc2cccc3[nH]c(CCOC=O)cc23)cc(OC)c1OC. The lowest BCUT2D eigenvalue weighted by molar-refractivity contribution is -0.128. The van der Waals surface area contributed by atoms with Crippen molar-refractivity contribution in [3.8, 4) is 17.2 Å². The Bertz CT molecular complexity index is 910. The third kappa shape index (κ3) is 3.92. The van der Waals surface area contributed by atoms with E-state index in [1.54, 1.807) is 21.3 Å². The molecule has 0 radical (unpaired) electrons. The molecule has 1 aromatic heterocycles. The van der Waals surface area contributed by atoms with Crippen molar-refractivity contribution >= 4 is 28.7 Å². The highest BCUT2D eigenvalue weighted by Gasteiger charge is 2.14. The smallest absolute Gasteiger partial charge is 0.293 e. The summed E-state index contributed by atoms with van der Waals surface area (Å²) in [6.07, 6.45) is 0.622. The minimum absolute atomic E-state index is 0.339. The number of methoxy groups -OCH3 is 3. The van der Waals surface area contributed by atoms with Crippen LogP contribution in [0.5, 0.6) is 17.2 Å². The number of ether oxygens (including phenoxy) is 4. The highest BCUT2D eigenvalue weighted by molar-refractivity contribution is 5.94. The summed E-state index contributed by atoms with van der Waals surface area (Å²) >= 11 is 0. The van der Waals surface area contributed by atoms with Crippen LogP contribution < -0.4 is 19.5 Å². The van der Waals surface area contributed by atoms with Crippen LogP contribution in [0, 0.1) is 0 Å². The Kier molecular flexibility index (Phi) is 5.71. The molecule has 7 nitrogen and oxygen atoms in total. The molecule has 0 amide bonds. The van der Waals surface area contributed by atoms with Gasteiger partial charge in [-0.25, -0.2) is 0 Å². The molecule has 142 valence electrons. The third-order valence-corrected chi connectivity index (χ3v) is 4.22. The molecule has 3 aromatic rings. The van der Waals surface area contributed by atoms with Gasteiger partial charge in [0.2, 0.25) is 5.75 Å². The average Bonchev–Trinajstić information content (AvgIpc) is 3.11. The second-order valence-corrected chi connectivity index (χ2v) is 5.82. The summed E-state index contributed by atoms with van der Waals surface area (Å²) in [6.45, 7) is 0.798. The molecule has 0 spiro atoms. The first-order chi connectivity index (χ1) is 13.2. The van der Waals surface area contributed by atoms with Crippen LogP contribution in [0.4, 0.5) is 11.4 Å². The summed E-state index contributed by atoms with van der Waals surface area (Å²) in [6, 6.07) is 11.7. The Morgan fingerprint density at radius 3 is 2.41 bits per heavy atom. The van der Waals surface area contributed by atoms with E-state index in [-0.39, 0.29) is 0 Å². The summed E-state index contributed by atoms with van der Waals surface area (Å²) in [5.41, 5.74) is 3.73. The summed E-state index contributed by atoms with van der Waals surface area (Å²) in [7, 11) is 4.74. The number of anilines is 2. The van der Waals surface area contributed by atoms with Crippen LogP contribution in [0.3, 0.4) is 0 Å². The van der Waals surface area contributed by atoms with Gasteiger partial charge < -0.3 is 29.2 Å². The summed E-state index contributed by atoms with van der Waals surface area (Å²) in [4.78, 5) is 13.6. The molecule has 2 N–H and O–H groups in total. The van der Waals surface area contributed by atoms with Crippen LogP contribution in [0.1, 0.15) is 5.69 Å². The first kappa shape index (κ1) is 18.4. The Morgan fingerprint density at radius 2 is 1.78 bits per heavy atom. The Hall–Kier alpha value is -3.35. The predicted octanol–water partition coefficient (Wildman–Crippen LogP) is 3.65. The van der Waals surface area contributed by atoms with E-state index in [9.17, 15) is 4.79 Å². The van der Waals surface area contributed by atoms with Crippen molar-refractivity contribution in [3.05, 3.63) is 42.1 Å². The largest absolute Gasteiger partial charge is 0.493 e. The number of hydrogen-bond donors (Lipinski definition) is 2. The maximum absolute atomic E-state index is 10.3. The van der Waals surface area contributed by atoms with Gasteiger partial charge >= 0.3 is 0 Å². The molecule has 27 heavy (non-hydrogen) atoms. The van der Waals surface area contributed by atoms with Crippen molar-refractivity contribution in [2.45, 2.75) is 6.42 Å². The number of carbonyl (C=O) groups excluding carboxylic acids is 1. The van der Waals surface area contributed by atoms with Crippen LogP contribution in [0.15, 0.2) is 36.4 Å². The standard InChI is InChI=1S/C20H22N2O5/c1-24-18-10-14(11-19(25-2)20(18)26-3)22-17-6-4-5-16-15(17)9-13(21-16)7-8-27-12-23/h4-6,9-12,21-22H,7-8H2,1-3H3. The molecular weight excluding hydrogens is 348 g/mol. The number of hydrogen-bond acceptors (Lipinski definition) is 6. The first-order valence-corrected chi connectivity index (χ1v) is 8.43. The highest BCUT2D eigenvalue weighted by atomic mass is 16.5. The summed E-state index contributed by atoms with van der Waals surface area (Å²) < 4.78 is 21.0. The molecule has 1 heterocycles. The number of rotatable bonds is 9. The lowest BCUT2D eigenvalue weighted by atomic mass is 10.2. The molecule has 7 heteroatoms. The Morgan fingerprint density at radius 1 is 1.04 bits per heavy atom. The molecule has 0 aliphatic carbocycles. The van der Waals surface area contributed by atoms with Crippen LogP contribution in [0.25, 0.3) is 10.9 Å². The lowest BCUT2D eigenvalue weighted by Gasteiger charge is -2.15. The van der Waals surface area contributed by atoms with Crippen molar-refractivity contribution in [3.63, 3.8) is 0 Å². The second kappa shape index (κ2) is 8.35. The molecule has 0 bridgehead atoms. The normalized spacial score (nSPS) is 10.5. The molecule has 0 unspecified atom stereocenters. The fraction of sp³-hybridized carbons (Fsp3) is 0.250. The van der Waals surface area contributed by atoms with Crippen LogP contribution >= 0.6 is 0 Å². The first-order valence-electron chi connectivity index (χ1n) is 8.43. The van der Waals surface area contributed by atoms with Gasteiger partial charge in [-0.15, -0.1) is 0 Å². The van der Waals surface area contributed by atoms with Crippen LogP contribution in [0.2, 0.25) is 0 Å². The average molecular weight is 370 g/mol. The topological polar surface area (TPSA) is 81.8 Å². The number of fused-ring (bicyclic) bond motifs is 1. The Balaban J connectivity index is 1.93. The number of nitrogens with one attached hydrogen (secondary N) is 2. The van der Waals surface area contributed by atoms with Crippen molar-refractivity contribution in [1.29, 1.82) is 0 Å². The number of aromatic nitrogens is 1. The molecule has 0 aliphatic rings. The van der Waals surface area contributed by atoms with Gasteiger partial charge in [-0.05, 0) is 18.2 Å². The second-order valence-electron chi connectivity index (χ2n) is 5.82. The molecular formula is C20H22N2O5. The fourth-order valence-corrected chi connectivity index (χ4v) is 2.98. The highest BCUT2D eigenvalue weighted by Crippen LogP contribution is 2.41. The Labute approximate surface area is 157 Å². The van der Waals surface area contributed by atoms with Crippen molar-refractivity contribution in [2.24, 2.45) is 0 Å². The zero-order valence-corrected chi connectivity index (χ0v) is 15.5. The monoisotopic (exact) mass is 370 g/mol.